The molecule has 10 aromatic carbocycles. The molecule has 0 aromatic heterocycles. The lowest BCUT2D eigenvalue weighted by atomic mass is 9.70. The van der Waals surface area contributed by atoms with E-state index in [0.717, 1.165) is 0 Å². The zero-order chi connectivity index (χ0) is 74.9. The van der Waals surface area contributed by atoms with Crippen LogP contribution in [0.2, 0.25) is 0 Å². The molecule has 12 rings (SSSR count). The molecule has 65 heavy (non-hydrogen) atoms. The van der Waals surface area contributed by atoms with Crippen LogP contribution in [0.25, 0.3) is 44.5 Å². The number of rotatable bonds is 8. The Morgan fingerprint density at radius 1 is 0.277 bits per heavy atom. The van der Waals surface area contributed by atoms with Gasteiger partial charge in [-0.3, -0.25) is 0 Å². The van der Waals surface area contributed by atoms with E-state index in [-0.39, 0.29) is 33.4 Å². The quantitative estimate of drug-likeness (QED) is 0.139. The van der Waals surface area contributed by atoms with Crippen molar-refractivity contribution < 1.29 is 49.3 Å². The van der Waals surface area contributed by atoms with Crippen LogP contribution in [-0.2, 0) is 29.0 Å². The maximum atomic E-state index is 9.83. The van der Waals surface area contributed by atoms with Crippen molar-refractivity contribution in [2.45, 2.75) is 5.41 Å². The molecule has 1 spiro atoms. The first-order chi connectivity index (χ1) is 46.9. The average molecular weight is 937 g/mol. The van der Waals surface area contributed by atoms with Crippen LogP contribution in [0.5, 0.6) is 0 Å². The van der Waals surface area contributed by atoms with E-state index in [0.29, 0.717) is 0 Å². The number of hydrogen-bond acceptors (Lipinski definition) is 2. The van der Waals surface area contributed by atoms with Crippen molar-refractivity contribution in [1.82, 2.24) is 0 Å². The molecule has 0 saturated carbocycles. The van der Waals surface area contributed by atoms with Crippen molar-refractivity contribution >= 4 is 67.5 Å². The zero-order valence-corrected chi connectivity index (χ0v) is 36.1. The Morgan fingerprint density at radius 3 is 0.908 bits per heavy atom. The zero-order valence-electron chi connectivity index (χ0n) is 68.7. The highest BCUT2D eigenvalue weighted by molar-refractivity contribution is 8.26. The second kappa shape index (κ2) is 15.9. The van der Waals surface area contributed by atoms with Gasteiger partial charge in [0.25, 0.3) is 0 Å². The van der Waals surface area contributed by atoms with E-state index in [1.165, 1.54) is 36.4 Å². The Kier molecular flexibility index (Phi) is 4.25. The normalized spacial score (nSPS) is 20.9. The molecule has 0 amide bonds. The third-order valence-electron chi connectivity index (χ3n) is 11.1. The summed E-state index contributed by atoms with van der Waals surface area (Å²) in [5.41, 5.74) is -6.12. The average Bonchev–Trinajstić information content (AvgIpc) is 1.50. The van der Waals surface area contributed by atoms with Gasteiger partial charge < -0.3 is 0 Å². The first-order valence-corrected chi connectivity index (χ1v) is 24.8. The molecule has 0 saturated heterocycles. The second-order valence-corrected chi connectivity index (χ2v) is 22.7. The molecule has 0 atom stereocenters. The van der Waals surface area contributed by atoms with Gasteiger partial charge >= 0.3 is 0 Å². The lowest BCUT2D eigenvalue weighted by molar-refractivity contribution is 0.794. The smallest absolute Gasteiger partial charge is 0.0725 e. The third-order valence-corrected chi connectivity index (χ3v) is 19.6. The summed E-state index contributed by atoms with van der Waals surface area (Å²) in [5.74, 6) is 0. The highest BCUT2D eigenvalue weighted by Crippen LogP contribution is 2.63. The number of hydrogen-bond donors (Lipinski definition) is 0. The van der Waals surface area contributed by atoms with Gasteiger partial charge in [0.15, 0.2) is 0 Å². The van der Waals surface area contributed by atoms with E-state index in [1.807, 2.05) is 0 Å². The Hall–Kier alpha value is -6.50. The maximum Gasteiger partial charge on any atom is 0.0725 e. The summed E-state index contributed by atoms with van der Waals surface area (Å²) in [5, 5.41) is -5.33. The SMILES string of the molecule is [2H]c1c([2H])c([2H])c(P(=S)(c2c([2H])c([2H])c([2H])c([2H])c2[2H])c2c([2H])c([2H])c(-c3ccc4c(c3)C3(c5cc(-c6c([2H])c([2H])c(P(=S)(c7c([2H])c([2H])c([2H])c([2H])c7[2H])c7c([2H])c([2H])c([2H])c([2H])c7[2H])c([2H])c6[2H])ccc5-4)c4c([2H])c([2H])c([2H])c([2H])c4-c4c([2H])c([2H])c([2H])c([2H])c43)c([2H])c2[2H])c([2H])c1[2H]. The van der Waals surface area contributed by atoms with E-state index in [2.05, 4.69) is 0 Å². The summed E-state index contributed by atoms with van der Waals surface area (Å²) in [7, 11) is 0. The standard InChI is InChI=1S/C61H42P2S2/c64-62(47-17-5-1-6-18-47,48-19-7-2-8-20-48)51-35-29-43(30-36-51)45-33-39-55-56-40-34-46(42-60(56)61(59(55)41-45)57-27-15-13-25-53(57)54-26-14-16-28-58(54)61)44-31-37-52(38-32-44)63(65,49-21-9-3-10-22-49)50-23-11-4-12-24-50/h1-42H/i1D,2D,3D,4D,5D,6D,7D,8D,9D,10D,11D,12D,13D,14D,15D,16D,17D,18D,19D,20D,21D,22D,23D,24D,25D,26D,27D,28D,29D,30D,31D,32D,35D,36D,37D,38D. The lowest BCUT2D eigenvalue weighted by Gasteiger charge is -2.31. The second-order valence-electron chi connectivity index (χ2n) is 14.3. The van der Waals surface area contributed by atoms with Gasteiger partial charge in [0.05, 0.1) is 54.8 Å². The van der Waals surface area contributed by atoms with Crippen LogP contribution in [-0.4, -0.2) is 0 Å². The van der Waals surface area contributed by atoms with Crippen molar-refractivity contribution in [2.24, 2.45) is 0 Å². The lowest BCUT2D eigenvalue weighted by Crippen LogP contribution is -2.26. The van der Waals surface area contributed by atoms with E-state index in [4.69, 9.17) is 53.8 Å². The van der Waals surface area contributed by atoms with Crippen molar-refractivity contribution in [3.63, 3.8) is 0 Å². The van der Waals surface area contributed by atoms with Crippen LogP contribution < -0.4 is 31.8 Å². The number of fused-ring (bicyclic) bond motifs is 10. The topological polar surface area (TPSA) is 0 Å². The van der Waals surface area contributed by atoms with Gasteiger partial charge in [0.1, 0.15) is 0 Å². The van der Waals surface area contributed by atoms with Gasteiger partial charge in [-0.1, -0.05) is 265 Å². The minimum absolute atomic E-state index is 0.0894. The predicted octanol–water partition coefficient (Wildman–Crippen LogP) is 12.9. The minimum Gasteiger partial charge on any atom is -0.0826 e. The molecular weight excluding hydrogens is 859 g/mol. The highest BCUT2D eigenvalue weighted by Gasteiger charge is 2.51. The molecular formula is C61H42P2S2. The fourth-order valence-corrected chi connectivity index (χ4v) is 13.9. The van der Waals surface area contributed by atoms with Gasteiger partial charge in [-0.25, -0.2) is 0 Å². The molecule has 4 heteroatoms. The first-order valence-electron chi connectivity index (χ1n) is 37.2. The molecule has 0 fully saturated rings. The molecule has 0 unspecified atom stereocenters. The Balaban J connectivity index is 1.19. The van der Waals surface area contributed by atoms with E-state index in [1.54, 1.807) is 0 Å². The van der Waals surface area contributed by atoms with E-state index >= 15 is 0 Å². The summed E-state index contributed by atoms with van der Waals surface area (Å²) < 4.78 is 329. The predicted molar refractivity (Wildman–Crippen MR) is 286 cm³/mol. The molecule has 0 bridgehead atoms. The molecule has 2 aliphatic rings. The van der Waals surface area contributed by atoms with Crippen molar-refractivity contribution in [1.29, 1.82) is 0 Å². The Morgan fingerprint density at radius 2 is 0.569 bits per heavy atom. The number of benzene rings is 10. The Labute approximate surface area is 442 Å². The van der Waals surface area contributed by atoms with Crippen LogP contribution in [0.3, 0.4) is 0 Å². The largest absolute Gasteiger partial charge is 0.0826 e. The van der Waals surface area contributed by atoms with Crippen molar-refractivity contribution in [2.75, 3.05) is 0 Å². The van der Waals surface area contributed by atoms with Gasteiger partial charge in [0.2, 0.25) is 0 Å². The van der Waals surface area contributed by atoms with Crippen LogP contribution in [0.1, 0.15) is 71.6 Å². The van der Waals surface area contributed by atoms with Crippen LogP contribution in [0.15, 0.2) is 254 Å². The van der Waals surface area contributed by atoms with Gasteiger partial charge in [0, 0.05) is 12.1 Å². The fourth-order valence-electron chi connectivity index (χ4n) is 8.35. The molecule has 0 aliphatic heterocycles. The van der Waals surface area contributed by atoms with Crippen molar-refractivity contribution in [3.8, 4) is 44.5 Å². The summed E-state index contributed by atoms with van der Waals surface area (Å²) >= 11 is 12.6. The molecule has 0 radical (unpaired) electrons. The van der Waals surface area contributed by atoms with Crippen molar-refractivity contribution in [3.05, 3.63) is 276 Å². The summed E-state index contributed by atoms with van der Waals surface area (Å²) in [6.07, 6.45) is 0. The molecule has 0 N–H and O–H groups in total. The molecule has 10 aromatic rings. The van der Waals surface area contributed by atoms with Crippen LogP contribution in [0, 0.1) is 0 Å². The third kappa shape index (κ3) is 6.16. The summed E-state index contributed by atoms with van der Waals surface area (Å²) in [4.78, 5) is 0. The van der Waals surface area contributed by atoms with Gasteiger partial charge in [-0.15, -0.1) is 0 Å². The molecule has 0 heterocycles. The molecule has 0 nitrogen and oxygen atoms in total. The van der Waals surface area contributed by atoms with Crippen LogP contribution in [0.4, 0.5) is 0 Å². The monoisotopic (exact) mass is 936 g/mol. The highest BCUT2D eigenvalue weighted by atomic mass is 32.4. The fraction of sp³-hybridized carbons (Fsp3) is 0.0164. The van der Waals surface area contributed by atoms with E-state index < -0.39 is 300 Å². The summed E-state index contributed by atoms with van der Waals surface area (Å²) in [6.45, 7) is 0. The van der Waals surface area contributed by atoms with E-state index in [9.17, 15) is 19.2 Å². The summed E-state index contributed by atoms with van der Waals surface area (Å²) in [6, 6.07) is -37.7. The molecule has 308 valence electrons. The van der Waals surface area contributed by atoms with Gasteiger partial charge in [-0.05, 0) is 111 Å². The first kappa shape index (κ1) is 17.4. The maximum absolute atomic E-state index is 9.83. The van der Waals surface area contributed by atoms with Crippen LogP contribution >= 0.6 is 12.1 Å². The van der Waals surface area contributed by atoms with Gasteiger partial charge in [-0.2, -0.15) is 0 Å². The molecule has 2 aliphatic carbocycles. The Bertz CT molecular complexity index is 5040. The minimum atomic E-state index is -5.05.